The van der Waals surface area contributed by atoms with Gasteiger partial charge in [0.2, 0.25) is 10.0 Å². The molecular weight excluding hydrogens is 539 g/mol. The lowest BCUT2D eigenvalue weighted by molar-refractivity contribution is 0.0917. The summed E-state index contributed by atoms with van der Waals surface area (Å²) in [6, 6.07) is 12.4. The van der Waals surface area contributed by atoms with Crippen LogP contribution in [0, 0.1) is 11.8 Å². The van der Waals surface area contributed by atoms with Gasteiger partial charge in [0.15, 0.2) is 5.13 Å². The highest BCUT2D eigenvalue weighted by molar-refractivity contribution is 7.98. The SMILES string of the molecule is CSc1cccc2sc(N(CC3CCCO3)C(=O)c3ccc(S(=O)(=O)N(CC(C)C)CC(C)C)cc3)nc12. The maximum Gasteiger partial charge on any atom is 0.260 e. The van der Waals surface area contributed by atoms with Gasteiger partial charge in [-0.25, -0.2) is 13.4 Å². The summed E-state index contributed by atoms with van der Waals surface area (Å²) in [4.78, 5) is 21.6. The summed E-state index contributed by atoms with van der Waals surface area (Å²) >= 11 is 3.12. The summed E-state index contributed by atoms with van der Waals surface area (Å²) in [5, 5.41) is 0.624. The number of carbonyl (C=O) groups excluding carboxylic acids is 1. The van der Waals surface area contributed by atoms with E-state index >= 15 is 0 Å². The van der Waals surface area contributed by atoms with Crippen LogP contribution in [-0.2, 0) is 14.8 Å². The molecule has 0 saturated carbocycles. The molecule has 0 spiro atoms. The fourth-order valence-corrected chi connectivity index (χ4v) is 7.99. The number of amides is 1. The molecule has 0 bridgehead atoms. The second-order valence-corrected chi connectivity index (χ2v) is 14.3. The van der Waals surface area contributed by atoms with Crippen molar-refractivity contribution in [3.8, 4) is 0 Å². The number of aromatic nitrogens is 1. The maximum atomic E-state index is 13.8. The van der Waals surface area contributed by atoms with Crippen LogP contribution >= 0.6 is 23.1 Å². The van der Waals surface area contributed by atoms with E-state index in [2.05, 4.69) is 0 Å². The Labute approximate surface area is 234 Å². The third-order valence-electron chi connectivity index (χ3n) is 6.35. The number of hydrogen-bond donors (Lipinski definition) is 0. The van der Waals surface area contributed by atoms with Gasteiger partial charge in [-0.15, -0.1) is 11.8 Å². The van der Waals surface area contributed by atoms with Gasteiger partial charge >= 0.3 is 0 Å². The van der Waals surface area contributed by atoms with E-state index in [9.17, 15) is 13.2 Å². The Morgan fingerprint density at radius 1 is 1.11 bits per heavy atom. The average Bonchev–Trinajstić information content (AvgIpc) is 3.55. The summed E-state index contributed by atoms with van der Waals surface area (Å²) in [5.74, 6) is 0.197. The summed E-state index contributed by atoms with van der Waals surface area (Å²) in [6.45, 7) is 10.0. The van der Waals surface area contributed by atoms with Gasteiger partial charge in [0.05, 0.1) is 27.8 Å². The molecule has 1 atom stereocenters. The van der Waals surface area contributed by atoms with E-state index in [4.69, 9.17) is 9.72 Å². The molecule has 3 aromatic rings. The molecule has 38 heavy (non-hydrogen) atoms. The Balaban J connectivity index is 1.65. The number of benzene rings is 2. The minimum Gasteiger partial charge on any atom is -0.376 e. The van der Waals surface area contributed by atoms with Crippen molar-refractivity contribution in [2.24, 2.45) is 11.8 Å². The van der Waals surface area contributed by atoms with E-state index in [1.807, 2.05) is 52.1 Å². The number of ether oxygens (including phenoxy) is 1. The first-order chi connectivity index (χ1) is 18.1. The van der Waals surface area contributed by atoms with E-state index < -0.39 is 10.0 Å². The number of nitrogens with zero attached hydrogens (tertiary/aromatic N) is 3. The first-order valence-corrected chi connectivity index (χ1v) is 16.6. The molecule has 0 N–H and O–H groups in total. The molecule has 0 aliphatic carbocycles. The molecule has 7 nitrogen and oxygen atoms in total. The fourth-order valence-electron chi connectivity index (χ4n) is 4.59. The van der Waals surface area contributed by atoms with Crippen molar-refractivity contribution in [2.75, 3.05) is 37.4 Å². The number of fused-ring (bicyclic) bond motifs is 1. The fraction of sp³-hybridized carbons (Fsp3) is 0.500. The van der Waals surface area contributed by atoms with Crippen LogP contribution < -0.4 is 4.90 Å². The lowest BCUT2D eigenvalue weighted by Crippen LogP contribution is -2.38. The first-order valence-electron chi connectivity index (χ1n) is 13.1. The van der Waals surface area contributed by atoms with Crippen LogP contribution in [0.5, 0.6) is 0 Å². The number of rotatable bonds is 11. The standard InChI is InChI=1S/C28H37N3O4S3/c1-19(2)16-30(17-20(3)4)38(33,34)23-13-11-21(12-14-23)27(32)31(18-22-8-7-15-35-22)28-29-26-24(36-5)9-6-10-25(26)37-28/h6,9-14,19-20,22H,7-8,15-18H2,1-5H3. The highest BCUT2D eigenvalue weighted by Gasteiger charge is 2.29. The Morgan fingerprint density at radius 3 is 2.37 bits per heavy atom. The second-order valence-electron chi connectivity index (χ2n) is 10.5. The van der Waals surface area contributed by atoms with Crippen LogP contribution in [-0.4, -0.2) is 62.2 Å². The van der Waals surface area contributed by atoms with E-state index in [1.165, 1.54) is 11.3 Å². The van der Waals surface area contributed by atoms with E-state index in [0.29, 0.717) is 36.9 Å². The van der Waals surface area contributed by atoms with Crippen molar-refractivity contribution in [3.63, 3.8) is 0 Å². The van der Waals surface area contributed by atoms with Gasteiger partial charge in [0.1, 0.15) is 0 Å². The molecule has 1 aliphatic heterocycles. The Hall–Kier alpha value is -1.98. The first kappa shape index (κ1) is 29.0. The molecule has 0 radical (unpaired) electrons. The summed E-state index contributed by atoms with van der Waals surface area (Å²) in [5.41, 5.74) is 1.31. The number of thiazole rings is 1. The topological polar surface area (TPSA) is 79.8 Å². The van der Waals surface area contributed by atoms with Crippen LogP contribution in [0.1, 0.15) is 50.9 Å². The molecule has 10 heteroatoms. The largest absolute Gasteiger partial charge is 0.376 e. The molecule has 2 aromatic carbocycles. The zero-order valence-electron chi connectivity index (χ0n) is 22.7. The number of para-hydroxylation sites is 1. The Morgan fingerprint density at radius 2 is 1.79 bits per heavy atom. The highest BCUT2D eigenvalue weighted by atomic mass is 32.2. The summed E-state index contributed by atoms with van der Waals surface area (Å²) in [6.07, 6.45) is 3.83. The maximum absolute atomic E-state index is 13.8. The molecule has 206 valence electrons. The average molecular weight is 576 g/mol. The third kappa shape index (κ3) is 6.59. The predicted molar refractivity (Wildman–Crippen MR) is 157 cm³/mol. The van der Waals surface area contributed by atoms with Crippen LogP contribution in [0.2, 0.25) is 0 Å². The quantitative estimate of drug-likeness (QED) is 0.255. The molecule has 4 rings (SSSR count). The van der Waals surface area contributed by atoms with Crippen LogP contribution in [0.3, 0.4) is 0 Å². The monoisotopic (exact) mass is 575 g/mol. The van der Waals surface area contributed by atoms with Gasteiger partial charge < -0.3 is 4.74 Å². The zero-order chi connectivity index (χ0) is 27.4. The van der Waals surface area contributed by atoms with Crippen molar-refractivity contribution >= 4 is 54.4 Å². The highest BCUT2D eigenvalue weighted by Crippen LogP contribution is 2.35. The molecular formula is C28H37N3O4S3. The minimum atomic E-state index is -3.67. The normalized spacial score (nSPS) is 16.3. The molecule has 1 amide bonds. The number of sulfonamides is 1. The van der Waals surface area contributed by atoms with Crippen LogP contribution in [0.4, 0.5) is 5.13 Å². The second kappa shape index (κ2) is 12.5. The van der Waals surface area contributed by atoms with Crippen molar-refractivity contribution in [2.45, 2.75) is 56.4 Å². The van der Waals surface area contributed by atoms with E-state index in [1.54, 1.807) is 45.2 Å². The number of thioether (sulfide) groups is 1. The van der Waals surface area contributed by atoms with Crippen molar-refractivity contribution in [1.29, 1.82) is 0 Å². The number of anilines is 1. The minimum absolute atomic E-state index is 0.0498. The molecule has 1 saturated heterocycles. The van der Waals surface area contributed by atoms with Gasteiger partial charge in [-0.3, -0.25) is 9.69 Å². The van der Waals surface area contributed by atoms with Crippen molar-refractivity contribution in [3.05, 3.63) is 48.0 Å². The Kier molecular flexibility index (Phi) is 9.52. The van der Waals surface area contributed by atoms with Gasteiger partial charge in [0, 0.05) is 30.2 Å². The van der Waals surface area contributed by atoms with Crippen LogP contribution in [0.25, 0.3) is 10.2 Å². The molecule has 1 unspecified atom stereocenters. The lowest BCUT2D eigenvalue weighted by atomic mass is 10.2. The third-order valence-corrected chi connectivity index (χ3v) is 10.0. The number of hydrogen-bond acceptors (Lipinski definition) is 7. The summed E-state index contributed by atoms with van der Waals surface area (Å²) in [7, 11) is -3.67. The van der Waals surface area contributed by atoms with Gasteiger partial charge in [-0.05, 0) is 67.3 Å². The van der Waals surface area contributed by atoms with Gasteiger partial charge in [-0.2, -0.15) is 4.31 Å². The van der Waals surface area contributed by atoms with Crippen molar-refractivity contribution < 1.29 is 17.9 Å². The number of carbonyl (C=O) groups is 1. The molecule has 2 heterocycles. The Bertz CT molecular complexity index is 1340. The van der Waals surface area contributed by atoms with E-state index in [-0.39, 0.29) is 28.7 Å². The molecule has 1 aliphatic rings. The molecule has 1 fully saturated rings. The van der Waals surface area contributed by atoms with Gasteiger partial charge in [0.25, 0.3) is 5.91 Å². The van der Waals surface area contributed by atoms with Crippen molar-refractivity contribution in [1.82, 2.24) is 9.29 Å². The summed E-state index contributed by atoms with van der Waals surface area (Å²) < 4.78 is 35.3. The van der Waals surface area contributed by atoms with Gasteiger partial charge in [-0.1, -0.05) is 45.1 Å². The van der Waals surface area contributed by atoms with E-state index in [0.717, 1.165) is 28.0 Å². The lowest BCUT2D eigenvalue weighted by Gasteiger charge is -2.26. The molecule has 1 aromatic heterocycles. The predicted octanol–water partition coefficient (Wildman–Crippen LogP) is 6.15. The smallest absolute Gasteiger partial charge is 0.260 e. The van der Waals surface area contributed by atoms with Crippen LogP contribution in [0.15, 0.2) is 52.3 Å². The zero-order valence-corrected chi connectivity index (χ0v) is 25.2.